The number of hydrogen-bond acceptors (Lipinski definition) is 5. The van der Waals surface area contributed by atoms with Crippen LogP contribution in [0.2, 0.25) is 0 Å². The average molecular weight is 252 g/mol. The van der Waals surface area contributed by atoms with Gasteiger partial charge < -0.3 is 15.4 Å². The first-order valence-electron chi connectivity index (χ1n) is 6.34. The lowest BCUT2D eigenvalue weighted by Gasteiger charge is -2.24. The molecule has 1 heterocycles. The van der Waals surface area contributed by atoms with E-state index in [9.17, 15) is 0 Å². The topological polar surface area (TPSA) is 59.1 Å². The minimum atomic E-state index is -0.214. The van der Waals surface area contributed by atoms with Crippen molar-refractivity contribution < 1.29 is 4.74 Å². The Morgan fingerprint density at radius 3 is 2.50 bits per heavy atom. The number of aromatic nitrogens is 2. The van der Waals surface area contributed by atoms with Crippen LogP contribution in [0.25, 0.3) is 0 Å². The Kier molecular flexibility index (Phi) is 5.34. The second kappa shape index (κ2) is 6.54. The Morgan fingerprint density at radius 2 is 1.94 bits per heavy atom. The molecule has 0 atom stereocenters. The number of nitrogens with zero attached hydrogens (tertiary/aromatic N) is 2. The van der Waals surface area contributed by atoms with Crippen LogP contribution in [0.4, 0.5) is 11.6 Å². The fourth-order valence-corrected chi connectivity index (χ4v) is 1.64. The zero-order valence-electron chi connectivity index (χ0n) is 12.0. The molecule has 0 aliphatic heterocycles. The van der Waals surface area contributed by atoms with Crippen LogP contribution in [0, 0.1) is 0 Å². The molecule has 0 amide bonds. The summed E-state index contributed by atoms with van der Waals surface area (Å²) in [6, 6.07) is 0. The van der Waals surface area contributed by atoms with Gasteiger partial charge in [-0.25, -0.2) is 9.97 Å². The van der Waals surface area contributed by atoms with E-state index in [1.807, 2.05) is 20.9 Å². The molecule has 0 radical (unpaired) electrons. The van der Waals surface area contributed by atoms with Crippen LogP contribution < -0.4 is 10.6 Å². The van der Waals surface area contributed by atoms with Gasteiger partial charge in [-0.1, -0.05) is 13.3 Å². The summed E-state index contributed by atoms with van der Waals surface area (Å²) in [5.41, 5.74) is 0.920. The molecule has 0 saturated heterocycles. The molecular weight excluding hydrogens is 228 g/mol. The Labute approximate surface area is 109 Å². The van der Waals surface area contributed by atoms with Crippen molar-refractivity contribution in [3.05, 3.63) is 11.9 Å². The zero-order chi connectivity index (χ0) is 13.6. The summed E-state index contributed by atoms with van der Waals surface area (Å²) in [4.78, 5) is 8.57. The van der Waals surface area contributed by atoms with Crippen molar-refractivity contribution in [3.8, 4) is 0 Å². The van der Waals surface area contributed by atoms with Crippen molar-refractivity contribution in [1.82, 2.24) is 9.97 Å². The van der Waals surface area contributed by atoms with Crippen molar-refractivity contribution >= 4 is 11.6 Å². The van der Waals surface area contributed by atoms with Crippen LogP contribution in [-0.4, -0.2) is 36.3 Å². The predicted octanol–water partition coefficient (Wildman–Crippen LogP) is 2.31. The summed E-state index contributed by atoms with van der Waals surface area (Å²) in [7, 11) is 3.60. The second-order valence-electron chi connectivity index (χ2n) is 4.87. The van der Waals surface area contributed by atoms with E-state index in [1.165, 1.54) is 0 Å². The van der Waals surface area contributed by atoms with E-state index in [0.717, 1.165) is 30.0 Å². The van der Waals surface area contributed by atoms with Gasteiger partial charge in [0.15, 0.2) is 0 Å². The van der Waals surface area contributed by atoms with Gasteiger partial charge in [0.05, 0.1) is 5.60 Å². The maximum Gasteiger partial charge on any atom is 0.134 e. The van der Waals surface area contributed by atoms with Crippen LogP contribution in [0.15, 0.2) is 6.33 Å². The number of ether oxygens (including phenoxy) is 1. The highest BCUT2D eigenvalue weighted by atomic mass is 16.5. The first-order valence-corrected chi connectivity index (χ1v) is 6.34. The summed E-state index contributed by atoms with van der Waals surface area (Å²) in [6.07, 6.45) is 3.59. The van der Waals surface area contributed by atoms with Gasteiger partial charge >= 0.3 is 0 Å². The summed E-state index contributed by atoms with van der Waals surface area (Å²) in [6.45, 7) is 6.94. The Balaban J connectivity index is 2.87. The molecule has 1 aromatic heterocycles. The van der Waals surface area contributed by atoms with E-state index in [-0.39, 0.29) is 5.60 Å². The van der Waals surface area contributed by atoms with E-state index >= 15 is 0 Å². The van der Waals surface area contributed by atoms with Gasteiger partial charge in [0.25, 0.3) is 0 Å². The van der Waals surface area contributed by atoms with E-state index in [1.54, 1.807) is 13.4 Å². The lowest BCUT2D eigenvalue weighted by Crippen LogP contribution is -2.32. The van der Waals surface area contributed by atoms with Crippen molar-refractivity contribution in [2.45, 2.75) is 39.2 Å². The highest BCUT2D eigenvalue weighted by Crippen LogP contribution is 2.22. The molecule has 0 aromatic carbocycles. The number of hydrogen-bond donors (Lipinski definition) is 2. The number of nitrogens with one attached hydrogen (secondary N) is 2. The van der Waals surface area contributed by atoms with Gasteiger partial charge in [-0.15, -0.1) is 0 Å². The van der Waals surface area contributed by atoms with Crippen molar-refractivity contribution in [1.29, 1.82) is 0 Å². The largest absolute Gasteiger partial charge is 0.377 e. The molecule has 5 heteroatoms. The second-order valence-corrected chi connectivity index (χ2v) is 4.87. The Hall–Kier alpha value is -1.36. The monoisotopic (exact) mass is 252 g/mol. The SMILES string of the molecule is CCCc1c(NC)ncnc1NCC(C)(C)OC. The molecule has 18 heavy (non-hydrogen) atoms. The highest BCUT2D eigenvalue weighted by molar-refractivity contribution is 5.57. The molecule has 0 aliphatic rings. The molecule has 1 rings (SSSR count). The first-order chi connectivity index (χ1) is 8.54. The molecule has 0 aliphatic carbocycles. The van der Waals surface area contributed by atoms with Crippen LogP contribution in [0.3, 0.4) is 0 Å². The normalized spacial score (nSPS) is 11.4. The smallest absolute Gasteiger partial charge is 0.134 e. The molecule has 0 bridgehead atoms. The molecule has 0 fully saturated rings. The maximum absolute atomic E-state index is 5.39. The number of methoxy groups -OCH3 is 1. The molecule has 5 nitrogen and oxygen atoms in total. The summed E-state index contributed by atoms with van der Waals surface area (Å²) < 4.78 is 5.39. The fourth-order valence-electron chi connectivity index (χ4n) is 1.64. The quantitative estimate of drug-likeness (QED) is 0.780. The molecule has 0 spiro atoms. The fraction of sp³-hybridized carbons (Fsp3) is 0.692. The van der Waals surface area contributed by atoms with Crippen LogP contribution in [-0.2, 0) is 11.2 Å². The Bertz CT molecular complexity index is 379. The highest BCUT2D eigenvalue weighted by Gasteiger charge is 2.17. The van der Waals surface area contributed by atoms with Crippen LogP contribution >= 0.6 is 0 Å². The first kappa shape index (κ1) is 14.7. The number of anilines is 2. The van der Waals surface area contributed by atoms with E-state index in [2.05, 4.69) is 27.5 Å². The Morgan fingerprint density at radius 1 is 1.28 bits per heavy atom. The van der Waals surface area contributed by atoms with Crippen molar-refractivity contribution in [2.24, 2.45) is 0 Å². The summed E-state index contributed by atoms with van der Waals surface area (Å²) in [5.74, 6) is 1.78. The molecule has 0 saturated carbocycles. The van der Waals surface area contributed by atoms with Crippen molar-refractivity contribution in [3.63, 3.8) is 0 Å². The van der Waals surface area contributed by atoms with Crippen LogP contribution in [0.1, 0.15) is 32.8 Å². The average Bonchev–Trinajstić information content (AvgIpc) is 2.38. The summed E-state index contributed by atoms with van der Waals surface area (Å²) in [5, 5.41) is 6.46. The third kappa shape index (κ3) is 3.84. The zero-order valence-corrected chi connectivity index (χ0v) is 12.0. The lowest BCUT2D eigenvalue weighted by molar-refractivity contribution is 0.0343. The van der Waals surface area contributed by atoms with Gasteiger partial charge in [-0.05, 0) is 20.3 Å². The minimum Gasteiger partial charge on any atom is -0.377 e. The minimum absolute atomic E-state index is 0.214. The van der Waals surface area contributed by atoms with E-state index in [4.69, 9.17) is 4.74 Å². The van der Waals surface area contributed by atoms with Gasteiger partial charge in [-0.3, -0.25) is 0 Å². The van der Waals surface area contributed by atoms with E-state index in [0.29, 0.717) is 6.54 Å². The van der Waals surface area contributed by atoms with E-state index < -0.39 is 0 Å². The van der Waals surface area contributed by atoms with Crippen LogP contribution in [0.5, 0.6) is 0 Å². The summed E-state index contributed by atoms with van der Waals surface area (Å²) >= 11 is 0. The predicted molar refractivity (Wildman–Crippen MR) is 75.2 cm³/mol. The third-order valence-corrected chi connectivity index (χ3v) is 2.92. The standard InChI is InChI=1S/C13H24N4O/c1-6-7-10-11(14-4)16-9-17-12(10)15-8-13(2,3)18-5/h9H,6-8H2,1-5H3,(H2,14,15,16,17). The lowest BCUT2D eigenvalue weighted by atomic mass is 10.1. The van der Waals surface area contributed by atoms with Gasteiger partial charge in [0.1, 0.15) is 18.0 Å². The van der Waals surface area contributed by atoms with Crippen molar-refractivity contribution in [2.75, 3.05) is 31.3 Å². The molecule has 0 unspecified atom stereocenters. The number of rotatable bonds is 7. The third-order valence-electron chi connectivity index (χ3n) is 2.92. The molecule has 102 valence electrons. The van der Waals surface area contributed by atoms with Gasteiger partial charge in [0, 0.05) is 26.3 Å². The molecule has 1 aromatic rings. The van der Waals surface area contributed by atoms with Gasteiger partial charge in [-0.2, -0.15) is 0 Å². The molecule has 2 N–H and O–H groups in total. The maximum atomic E-state index is 5.39. The molecular formula is C13H24N4O. The van der Waals surface area contributed by atoms with Gasteiger partial charge in [0.2, 0.25) is 0 Å².